The van der Waals surface area contributed by atoms with Gasteiger partial charge in [-0.1, -0.05) is 30.3 Å². The van der Waals surface area contributed by atoms with Crippen LogP contribution < -0.4 is 10.6 Å². The number of aromatic amines is 1. The Morgan fingerprint density at radius 1 is 1.14 bits per heavy atom. The van der Waals surface area contributed by atoms with Gasteiger partial charge in [0.2, 0.25) is 11.9 Å². The summed E-state index contributed by atoms with van der Waals surface area (Å²) < 4.78 is 0. The number of fused-ring (bicyclic) bond motifs is 1. The molecule has 4 heterocycles. The van der Waals surface area contributed by atoms with Gasteiger partial charge in [-0.05, 0) is 31.2 Å². The maximum absolute atomic E-state index is 13.4. The molecule has 2 aliphatic heterocycles. The molecule has 0 radical (unpaired) electrons. The van der Waals surface area contributed by atoms with E-state index in [1.807, 2.05) is 18.2 Å². The summed E-state index contributed by atoms with van der Waals surface area (Å²) in [6.45, 7) is 3.07. The highest BCUT2D eigenvalue weighted by molar-refractivity contribution is 5.88. The first-order chi connectivity index (χ1) is 14.1. The van der Waals surface area contributed by atoms with E-state index in [0.717, 1.165) is 56.7 Å². The van der Waals surface area contributed by atoms with Crippen LogP contribution in [0.25, 0.3) is 11.2 Å². The van der Waals surface area contributed by atoms with E-state index < -0.39 is 0 Å². The Bertz CT molecular complexity index is 1030. The quantitative estimate of drug-likeness (QED) is 0.705. The van der Waals surface area contributed by atoms with Crippen molar-refractivity contribution < 1.29 is 4.79 Å². The summed E-state index contributed by atoms with van der Waals surface area (Å²) in [4.78, 5) is 33.6. The Kier molecular flexibility index (Phi) is 4.34. The van der Waals surface area contributed by atoms with Crippen LogP contribution in [0.1, 0.15) is 24.8 Å². The number of amides is 1. The third-order valence-electron chi connectivity index (χ3n) is 6.27. The van der Waals surface area contributed by atoms with Crippen LogP contribution in [-0.4, -0.2) is 56.9 Å². The molecule has 0 aliphatic carbocycles. The SMILES string of the molecule is Nc1nc(N2CCC3(CCCN(CCc4ccccc4)C3=O)C2)c2[nH]cnc2n1. The second-order valence-corrected chi connectivity index (χ2v) is 8.09. The molecular formula is C21H25N7O. The van der Waals surface area contributed by atoms with Crippen LogP contribution >= 0.6 is 0 Å². The Balaban J connectivity index is 1.34. The van der Waals surface area contributed by atoms with E-state index in [9.17, 15) is 4.79 Å². The number of piperidine rings is 1. The maximum atomic E-state index is 13.4. The molecule has 8 nitrogen and oxygen atoms in total. The lowest BCUT2D eigenvalue weighted by Crippen LogP contribution is -2.50. The van der Waals surface area contributed by atoms with Gasteiger partial charge in [-0.25, -0.2) is 4.98 Å². The zero-order valence-electron chi connectivity index (χ0n) is 16.3. The molecule has 5 rings (SSSR count). The second-order valence-electron chi connectivity index (χ2n) is 8.09. The number of rotatable bonds is 4. The first-order valence-corrected chi connectivity index (χ1v) is 10.2. The first kappa shape index (κ1) is 17.9. The number of imidazole rings is 1. The van der Waals surface area contributed by atoms with Crippen molar-refractivity contribution in [3.05, 3.63) is 42.2 Å². The van der Waals surface area contributed by atoms with Crippen LogP contribution in [0.15, 0.2) is 36.7 Å². The standard InChI is InChI=1S/C21H25N7O/c22-20-25-17-16(23-14-24-17)18(26-20)28-12-9-21(13-28)8-4-10-27(19(21)29)11-7-15-5-2-1-3-6-15/h1-3,5-6,14H,4,7-13H2,(H3,22,23,24,25,26). The predicted molar refractivity (Wildman–Crippen MR) is 111 cm³/mol. The van der Waals surface area contributed by atoms with Crippen molar-refractivity contribution >= 4 is 28.8 Å². The number of hydrogen-bond acceptors (Lipinski definition) is 6. The van der Waals surface area contributed by atoms with Gasteiger partial charge in [0.05, 0.1) is 11.7 Å². The van der Waals surface area contributed by atoms with Gasteiger partial charge in [0.15, 0.2) is 11.5 Å². The Labute approximate surface area is 169 Å². The van der Waals surface area contributed by atoms with Crippen molar-refractivity contribution in [2.45, 2.75) is 25.7 Å². The molecule has 2 fully saturated rings. The van der Waals surface area contributed by atoms with E-state index in [2.05, 4.69) is 41.9 Å². The molecule has 1 spiro atoms. The summed E-state index contributed by atoms with van der Waals surface area (Å²) in [6, 6.07) is 10.4. The normalized spacial score (nSPS) is 22.1. The lowest BCUT2D eigenvalue weighted by Gasteiger charge is -2.39. The highest BCUT2D eigenvalue weighted by Gasteiger charge is 2.48. The number of nitrogens with one attached hydrogen (secondary N) is 1. The Morgan fingerprint density at radius 3 is 2.86 bits per heavy atom. The van der Waals surface area contributed by atoms with E-state index in [1.165, 1.54) is 5.56 Å². The minimum atomic E-state index is -0.332. The van der Waals surface area contributed by atoms with Crippen molar-refractivity contribution in [1.29, 1.82) is 0 Å². The smallest absolute Gasteiger partial charge is 0.230 e. The van der Waals surface area contributed by atoms with Gasteiger partial charge < -0.3 is 20.5 Å². The summed E-state index contributed by atoms with van der Waals surface area (Å²) >= 11 is 0. The molecule has 0 bridgehead atoms. The number of carbonyl (C=O) groups excluding carboxylic acids is 1. The molecule has 2 aliphatic rings. The molecule has 2 aromatic heterocycles. The monoisotopic (exact) mass is 391 g/mol. The predicted octanol–water partition coefficient (Wildman–Crippen LogP) is 2.00. The molecule has 1 atom stereocenters. The Morgan fingerprint density at radius 2 is 2.00 bits per heavy atom. The first-order valence-electron chi connectivity index (χ1n) is 10.2. The highest BCUT2D eigenvalue weighted by atomic mass is 16.2. The van der Waals surface area contributed by atoms with Crippen molar-refractivity contribution in [2.75, 3.05) is 36.8 Å². The van der Waals surface area contributed by atoms with E-state index in [4.69, 9.17) is 5.73 Å². The average molecular weight is 391 g/mol. The fourth-order valence-corrected chi connectivity index (χ4v) is 4.77. The number of hydrogen-bond donors (Lipinski definition) is 2. The molecule has 150 valence electrons. The maximum Gasteiger partial charge on any atom is 0.230 e. The summed E-state index contributed by atoms with van der Waals surface area (Å²) in [7, 11) is 0. The highest BCUT2D eigenvalue weighted by Crippen LogP contribution is 2.42. The number of aromatic nitrogens is 4. The van der Waals surface area contributed by atoms with Crippen LogP contribution in [0.5, 0.6) is 0 Å². The average Bonchev–Trinajstić information content (AvgIpc) is 3.37. The van der Waals surface area contributed by atoms with E-state index in [0.29, 0.717) is 12.2 Å². The number of nitrogens with zero attached hydrogens (tertiary/aromatic N) is 5. The van der Waals surface area contributed by atoms with Crippen LogP contribution in [0, 0.1) is 5.41 Å². The van der Waals surface area contributed by atoms with Crippen molar-refractivity contribution in [1.82, 2.24) is 24.8 Å². The number of likely N-dealkylation sites (tertiary alicyclic amines) is 1. The minimum Gasteiger partial charge on any atom is -0.368 e. The third kappa shape index (κ3) is 3.18. The van der Waals surface area contributed by atoms with Gasteiger partial charge in [0, 0.05) is 26.2 Å². The zero-order chi connectivity index (χ0) is 19.8. The van der Waals surface area contributed by atoms with Gasteiger partial charge in [-0.3, -0.25) is 4.79 Å². The van der Waals surface area contributed by atoms with E-state index in [1.54, 1.807) is 6.33 Å². The molecule has 29 heavy (non-hydrogen) atoms. The number of benzene rings is 1. The van der Waals surface area contributed by atoms with Crippen LogP contribution in [0.3, 0.4) is 0 Å². The zero-order valence-corrected chi connectivity index (χ0v) is 16.3. The summed E-state index contributed by atoms with van der Waals surface area (Å²) in [5, 5.41) is 0. The number of anilines is 2. The summed E-state index contributed by atoms with van der Waals surface area (Å²) in [6.07, 6.45) is 5.30. The molecule has 3 aromatic rings. The lowest BCUT2D eigenvalue weighted by molar-refractivity contribution is -0.144. The molecule has 1 aromatic carbocycles. The lowest BCUT2D eigenvalue weighted by atomic mass is 9.78. The number of nitrogen functional groups attached to an aromatic ring is 1. The molecule has 2 saturated heterocycles. The topological polar surface area (TPSA) is 104 Å². The van der Waals surface area contributed by atoms with Crippen LogP contribution in [0.2, 0.25) is 0 Å². The van der Waals surface area contributed by atoms with Gasteiger partial charge in [0.1, 0.15) is 5.52 Å². The fourth-order valence-electron chi connectivity index (χ4n) is 4.77. The molecule has 1 unspecified atom stereocenters. The summed E-state index contributed by atoms with van der Waals surface area (Å²) in [5.41, 5.74) is 8.17. The van der Waals surface area contributed by atoms with Crippen LogP contribution in [0.4, 0.5) is 11.8 Å². The largest absolute Gasteiger partial charge is 0.368 e. The number of H-pyrrole nitrogens is 1. The van der Waals surface area contributed by atoms with E-state index >= 15 is 0 Å². The van der Waals surface area contributed by atoms with Crippen molar-refractivity contribution in [3.8, 4) is 0 Å². The molecule has 0 saturated carbocycles. The van der Waals surface area contributed by atoms with Gasteiger partial charge in [-0.2, -0.15) is 9.97 Å². The third-order valence-corrected chi connectivity index (χ3v) is 6.27. The fraction of sp³-hybridized carbons (Fsp3) is 0.429. The van der Waals surface area contributed by atoms with Gasteiger partial charge in [-0.15, -0.1) is 0 Å². The molecule has 3 N–H and O–H groups in total. The van der Waals surface area contributed by atoms with Gasteiger partial charge in [0.25, 0.3) is 0 Å². The molecule has 1 amide bonds. The minimum absolute atomic E-state index is 0.208. The van der Waals surface area contributed by atoms with Crippen molar-refractivity contribution in [2.24, 2.45) is 5.41 Å². The number of nitrogens with two attached hydrogens (primary N) is 1. The molecular weight excluding hydrogens is 366 g/mol. The van der Waals surface area contributed by atoms with Crippen molar-refractivity contribution in [3.63, 3.8) is 0 Å². The number of carbonyl (C=O) groups is 1. The summed E-state index contributed by atoms with van der Waals surface area (Å²) in [5.74, 6) is 1.24. The second kappa shape index (κ2) is 7.02. The Hall–Kier alpha value is -3.16. The van der Waals surface area contributed by atoms with Crippen LogP contribution in [-0.2, 0) is 11.2 Å². The molecule has 8 heteroatoms. The van der Waals surface area contributed by atoms with E-state index in [-0.39, 0.29) is 17.3 Å². The van der Waals surface area contributed by atoms with Gasteiger partial charge >= 0.3 is 0 Å².